The molecular formula is C20H18ClN3O4S. The monoisotopic (exact) mass is 431 g/mol. The van der Waals surface area contributed by atoms with Crippen molar-refractivity contribution in [2.75, 3.05) is 14.2 Å². The number of thiazole rings is 1. The first-order valence-corrected chi connectivity index (χ1v) is 9.64. The fourth-order valence-electron chi connectivity index (χ4n) is 2.57. The zero-order valence-corrected chi connectivity index (χ0v) is 17.5. The molecular weight excluding hydrogens is 414 g/mol. The summed E-state index contributed by atoms with van der Waals surface area (Å²) in [6.07, 6.45) is 1.43. The number of phenolic OH excluding ortho intramolecular Hbond substituents is 1. The number of aromatic hydroxyl groups is 1. The molecule has 0 aliphatic rings. The summed E-state index contributed by atoms with van der Waals surface area (Å²) in [5, 5.41) is 14.9. The van der Waals surface area contributed by atoms with E-state index < -0.39 is 0 Å². The summed E-state index contributed by atoms with van der Waals surface area (Å²) in [5.41, 5.74) is 4.41. The Morgan fingerprint density at radius 3 is 2.66 bits per heavy atom. The molecule has 0 aliphatic heterocycles. The summed E-state index contributed by atoms with van der Waals surface area (Å²) >= 11 is 7.24. The van der Waals surface area contributed by atoms with Crippen molar-refractivity contribution < 1.29 is 19.4 Å². The van der Waals surface area contributed by atoms with Gasteiger partial charge < -0.3 is 14.6 Å². The summed E-state index contributed by atoms with van der Waals surface area (Å²) in [5.74, 6) is 0.544. The van der Waals surface area contributed by atoms with E-state index in [0.717, 1.165) is 5.56 Å². The van der Waals surface area contributed by atoms with Crippen molar-refractivity contribution in [3.8, 4) is 27.8 Å². The standard InChI is InChI=1S/C20H18ClN3O4S/c1-11-18(29-20(23-11)14-6-5-13(21)9-17(14)28-3)19(26)24-22-10-12-4-7-16(27-2)15(25)8-12/h4-10,25H,1-3H3,(H,24,26)/b22-10+. The largest absolute Gasteiger partial charge is 0.504 e. The molecule has 0 unspecified atom stereocenters. The SMILES string of the molecule is COc1ccc(/C=N/NC(=O)c2sc(-c3ccc(Cl)cc3OC)nc2C)cc1O. The molecule has 7 nitrogen and oxygen atoms in total. The molecule has 0 saturated heterocycles. The van der Waals surface area contributed by atoms with E-state index in [1.165, 1.54) is 30.7 Å². The second kappa shape index (κ2) is 8.93. The number of benzene rings is 2. The van der Waals surface area contributed by atoms with Gasteiger partial charge in [0.15, 0.2) is 11.5 Å². The van der Waals surface area contributed by atoms with Gasteiger partial charge in [0.2, 0.25) is 0 Å². The zero-order chi connectivity index (χ0) is 21.0. The van der Waals surface area contributed by atoms with E-state index in [0.29, 0.717) is 37.7 Å². The predicted molar refractivity (Wildman–Crippen MR) is 114 cm³/mol. The number of nitrogens with zero attached hydrogens (tertiary/aromatic N) is 2. The number of aryl methyl sites for hydroxylation is 1. The number of methoxy groups -OCH3 is 2. The van der Waals surface area contributed by atoms with Gasteiger partial charge in [-0.15, -0.1) is 11.3 Å². The van der Waals surface area contributed by atoms with Crippen LogP contribution in [0.2, 0.25) is 5.02 Å². The number of hydrogen-bond donors (Lipinski definition) is 2. The third-order valence-electron chi connectivity index (χ3n) is 3.98. The molecule has 9 heteroatoms. The van der Waals surface area contributed by atoms with E-state index in [-0.39, 0.29) is 11.7 Å². The predicted octanol–water partition coefficient (Wildman–Crippen LogP) is 4.26. The van der Waals surface area contributed by atoms with Crippen molar-refractivity contribution in [2.24, 2.45) is 5.10 Å². The van der Waals surface area contributed by atoms with Crippen molar-refractivity contribution in [3.05, 3.63) is 57.6 Å². The van der Waals surface area contributed by atoms with Crippen molar-refractivity contribution in [1.82, 2.24) is 10.4 Å². The Kier molecular flexibility index (Phi) is 6.36. The summed E-state index contributed by atoms with van der Waals surface area (Å²) in [6.45, 7) is 1.75. The molecule has 2 aromatic carbocycles. The fourth-order valence-corrected chi connectivity index (χ4v) is 3.72. The Balaban J connectivity index is 1.76. The van der Waals surface area contributed by atoms with Crippen LogP contribution >= 0.6 is 22.9 Å². The lowest BCUT2D eigenvalue weighted by atomic mass is 10.2. The molecule has 0 bridgehead atoms. The van der Waals surface area contributed by atoms with Gasteiger partial charge in [-0.05, 0) is 48.9 Å². The van der Waals surface area contributed by atoms with Gasteiger partial charge in [-0.2, -0.15) is 5.10 Å². The number of aromatic nitrogens is 1. The molecule has 0 radical (unpaired) electrons. The van der Waals surface area contributed by atoms with E-state index in [4.69, 9.17) is 21.1 Å². The smallest absolute Gasteiger partial charge is 0.283 e. The van der Waals surface area contributed by atoms with E-state index in [1.807, 2.05) is 0 Å². The Morgan fingerprint density at radius 1 is 1.21 bits per heavy atom. The van der Waals surface area contributed by atoms with E-state index in [9.17, 15) is 9.90 Å². The number of phenols is 1. The third-order valence-corrected chi connectivity index (χ3v) is 5.40. The second-order valence-corrected chi connectivity index (χ2v) is 7.34. The Hall–Kier alpha value is -3.10. The van der Waals surface area contributed by atoms with Gasteiger partial charge in [0, 0.05) is 5.02 Å². The van der Waals surface area contributed by atoms with Crippen molar-refractivity contribution in [1.29, 1.82) is 0 Å². The first kappa shape index (κ1) is 20.6. The lowest BCUT2D eigenvalue weighted by Crippen LogP contribution is -2.17. The molecule has 3 aromatic rings. The van der Waals surface area contributed by atoms with Crippen LogP contribution in [0.25, 0.3) is 10.6 Å². The van der Waals surface area contributed by atoms with E-state index in [1.54, 1.807) is 44.4 Å². The van der Waals surface area contributed by atoms with Gasteiger partial charge in [-0.1, -0.05) is 11.6 Å². The van der Waals surface area contributed by atoms with Gasteiger partial charge in [0.25, 0.3) is 5.91 Å². The maximum absolute atomic E-state index is 12.5. The number of hydrogen-bond acceptors (Lipinski definition) is 7. The van der Waals surface area contributed by atoms with E-state index in [2.05, 4.69) is 15.5 Å². The Labute approximate surface area is 176 Å². The summed E-state index contributed by atoms with van der Waals surface area (Å²) in [4.78, 5) is 17.4. The average molecular weight is 432 g/mol. The van der Waals surface area contributed by atoms with Gasteiger partial charge in [-0.25, -0.2) is 10.4 Å². The van der Waals surface area contributed by atoms with Gasteiger partial charge in [-0.3, -0.25) is 4.79 Å². The number of halogens is 1. The van der Waals surface area contributed by atoms with Crippen LogP contribution in [-0.2, 0) is 0 Å². The van der Waals surface area contributed by atoms with Crippen molar-refractivity contribution in [2.45, 2.75) is 6.92 Å². The normalized spacial score (nSPS) is 10.9. The number of carbonyl (C=O) groups is 1. The average Bonchev–Trinajstić information content (AvgIpc) is 3.09. The molecule has 0 spiro atoms. The van der Waals surface area contributed by atoms with Crippen molar-refractivity contribution in [3.63, 3.8) is 0 Å². The number of nitrogens with one attached hydrogen (secondary N) is 1. The molecule has 150 valence electrons. The van der Waals surface area contributed by atoms with Crippen LogP contribution < -0.4 is 14.9 Å². The fraction of sp³-hybridized carbons (Fsp3) is 0.150. The van der Waals surface area contributed by atoms with Gasteiger partial charge in [0.05, 0.1) is 31.7 Å². The highest BCUT2D eigenvalue weighted by molar-refractivity contribution is 7.17. The van der Waals surface area contributed by atoms with Crippen LogP contribution in [0.3, 0.4) is 0 Å². The number of amides is 1. The number of rotatable bonds is 6. The summed E-state index contributed by atoms with van der Waals surface area (Å²) in [6, 6.07) is 10.0. The highest BCUT2D eigenvalue weighted by Crippen LogP contribution is 2.36. The molecule has 1 amide bonds. The molecule has 2 N–H and O–H groups in total. The highest BCUT2D eigenvalue weighted by atomic mass is 35.5. The van der Waals surface area contributed by atoms with Crippen LogP contribution in [0.5, 0.6) is 17.2 Å². The molecule has 0 aliphatic carbocycles. The molecule has 3 rings (SSSR count). The maximum Gasteiger partial charge on any atom is 0.283 e. The van der Waals surface area contributed by atoms with Crippen molar-refractivity contribution >= 4 is 35.1 Å². The molecule has 1 heterocycles. The minimum absolute atomic E-state index is 0.0115. The lowest BCUT2D eigenvalue weighted by Gasteiger charge is -2.05. The second-order valence-electron chi connectivity index (χ2n) is 5.91. The number of carbonyl (C=O) groups excluding carboxylic acids is 1. The van der Waals surface area contributed by atoms with E-state index >= 15 is 0 Å². The van der Waals surface area contributed by atoms with Gasteiger partial charge in [0.1, 0.15) is 15.6 Å². The molecule has 1 aromatic heterocycles. The topological polar surface area (TPSA) is 93.0 Å². The summed E-state index contributed by atoms with van der Waals surface area (Å²) in [7, 11) is 3.02. The first-order chi connectivity index (χ1) is 13.9. The highest BCUT2D eigenvalue weighted by Gasteiger charge is 2.18. The summed E-state index contributed by atoms with van der Waals surface area (Å²) < 4.78 is 10.3. The minimum Gasteiger partial charge on any atom is -0.504 e. The molecule has 0 atom stereocenters. The molecule has 0 saturated carbocycles. The Bertz CT molecular complexity index is 1080. The van der Waals surface area contributed by atoms with Crippen LogP contribution in [0.4, 0.5) is 0 Å². The molecule has 0 fully saturated rings. The first-order valence-electron chi connectivity index (χ1n) is 8.44. The quantitative estimate of drug-likeness (QED) is 0.449. The lowest BCUT2D eigenvalue weighted by molar-refractivity contribution is 0.0958. The van der Waals surface area contributed by atoms with Crippen LogP contribution in [-0.4, -0.2) is 36.4 Å². The van der Waals surface area contributed by atoms with Gasteiger partial charge >= 0.3 is 0 Å². The third kappa shape index (κ3) is 4.67. The van der Waals surface area contributed by atoms with Crippen LogP contribution in [0.15, 0.2) is 41.5 Å². The Morgan fingerprint density at radius 2 is 1.97 bits per heavy atom. The minimum atomic E-state index is -0.381. The number of hydrazone groups is 1. The maximum atomic E-state index is 12.5. The van der Waals surface area contributed by atoms with Crippen LogP contribution in [0.1, 0.15) is 20.9 Å². The number of ether oxygens (including phenoxy) is 2. The molecule has 29 heavy (non-hydrogen) atoms. The van der Waals surface area contributed by atoms with Crippen LogP contribution in [0, 0.1) is 6.92 Å². The zero-order valence-electron chi connectivity index (χ0n) is 15.9.